The van der Waals surface area contributed by atoms with Crippen LogP contribution >= 0.6 is 0 Å². The molecule has 1 atom stereocenters. The number of anilines is 1. The van der Waals surface area contributed by atoms with Crippen molar-refractivity contribution in [1.82, 2.24) is 4.98 Å². The first kappa shape index (κ1) is 16.7. The van der Waals surface area contributed by atoms with Crippen LogP contribution < -0.4 is 4.90 Å². The van der Waals surface area contributed by atoms with Crippen molar-refractivity contribution in [2.24, 2.45) is 5.92 Å². The first-order chi connectivity index (χ1) is 11.9. The molecule has 2 N–H and O–H groups in total. The number of pyridine rings is 1. The summed E-state index contributed by atoms with van der Waals surface area (Å²) in [7, 11) is 0. The Labute approximate surface area is 145 Å². The number of ketones is 1. The molecule has 2 heterocycles. The number of rotatable bonds is 4. The quantitative estimate of drug-likeness (QED) is 0.894. The Balaban J connectivity index is 2.21. The number of Topliss-reactive ketones (excluding diaryl/α,β-unsaturated/α-hetero) is 1. The fourth-order valence-electron chi connectivity index (χ4n) is 2.90. The second-order valence-electron chi connectivity index (χ2n) is 6.10. The first-order valence-corrected chi connectivity index (χ1v) is 7.93. The highest BCUT2D eigenvalue weighted by molar-refractivity contribution is 6.17. The lowest BCUT2D eigenvalue weighted by atomic mass is 9.93. The molecule has 0 saturated heterocycles. The van der Waals surface area contributed by atoms with Gasteiger partial charge in [0.25, 0.3) is 5.91 Å². The maximum Gasteiger partial charge on any atom is 0.294 e. The van der Waals surface area contributed by atoms with E-state index in [0.29, 0.717) is 5.69 Å². The van der Waals surface area contributed by atoms with Gasteiger partial charge in [-0.25, -0.2) is 0 Å². The van der Waals surface area contributed by atoms with Gasteiger partial charge in [-0.05, 0) is 24.3 Å². The molecular formula is C19H18N2O4. The van der Waals surface area contributed by atoms with Gasteiger partial charge in [0.1, 0.15) is 11.8 Å². The molecule has 0 radical (unpaired) electrons. The van der Waals surface area contributed by atoms with E-state index in [1.165, 1.54) is 11.0 Å². The predicted molar refractivity (Wildman–Crippen MR) is 92.1 cm³/mol. The molecule has 0 bridgehead atoms. The van der Waals surface area contributed by atoms with Crippen LogP contribution in [-0.2, 0) is 9.59 Å². The number of aliphatic hydroxyl groups is 1. The van der Waals surface area contributed by atoms with Gasteiger partial charge in [-0.3, -0.25) is 19.5 Å². The van der Waals surface area contributed by atoms with Crippen molar-refractivity contribution in [3.05, 3.63) is 65.7 Å². The van der Waals surface area contributed by atoms with Crippen LogP contribution in [0.1, 0.15) is 25.6 Å². The zero-order chi connectivity index (χ0) is 18.1. The van der Waals surface area contributed by atoms with E-state index in [1.54, 1.807) is 56.4 Å². The Bertz CT molecular complexity index is 859. The zero-order valence-corrected chi connectivity index (χ0v) is 13.9. The fourth-order valence-corrected chi connectivity index (χ4v) is 2.90. The van der Waals surface area contributed by atoms with Crippen molar-refractivity contribution in [3.8, 4) is 5.75 Å². The van der Waals surface area contributed by atoms with E-state index in [1.807, 2.05) is 0 Å². The van der Waals surface area contributed by atoms with E-state index in [4.69, 9.17) is 0 Å². The van der Waals surface area contributed by atoms with Gasteiger partial charge in [-0.2, -0.15) is 0 Å². The maximum absolute atomic E-state index is 12.7. The Morgan fingerprint density at radius 2 is 1.80 bits per heavy atom. The van der Waals surface area contributed by atoms with Gasteiger partial charge in [-0.1, -0.05) is 32.0 Å². The molecule has 0 fully saturated rings. The Morgan fingerprint density at radius 3 is 2.40 bits per heavy atom. The molecule has 1 aromatic heterocycles. The van der Waals surface area contributed by atoms with Gasteiger partial charge in [0.05, 0.1) is 17.0 Å². The molecule has 6 nitrogen and oxygen atoms in total. The van der Waals surface area contributed by atoms with Crippen LogP contribution in [0.2, 0.25) is 0 Å². The number of phenols is 1. The van der Waals surface area contributed by atoms with E-state index in [2.05, 4.69) is 4.98 Å². The lowest BCUT2D eigenvalue weighted by molar-refractivity contribution is -0.119. The fraction of sp³-hybridized carbons (Fsp3) is 0.211. The first-order valence-electron chi connectivity index (χ1n) is 7.93. The van der Waals surface area contributed by atoms with Gasteiger partial charge >= 0.3 is 0 Å². The van der Waals surface area contributed by atoms with Crippen molar-refractivity contribution in [3.63, 3.8) is 0 Å². The molecule has 3 rings (SSSR count). The maximum atomic E-state index is 12.7. The highest BCUT2D eigenvalue weighted by atomic mass is 16.3. The summed E-state index contributed by atoms with van der Waals surface area (Å²) in [6.45, 7) is 3.40. The Hall–Kier alpha value is -3.15. The third kappa shape index (κ3) is 2.76. The van der Waals surface area contributed by atoms with Gasteiger partial charge in [0.15, 0.2) is 11.5 Å². The SMILES string of the molecule is CC(C)C(=O)C1=C(O)C(=O)N(c2ccccc2O)C1c1ccccn1. The van der Waals surface area contributed by atoms with E-state index in [9.17, 15) is 19.8 Å². The summed E-state index contributed by atoms with van der Waals surface area (Å²) in [5.74, 6) is -2.19. The summed E-state index contributed by atoms with van der Waals surface area (Å²) in [5.41, 5.74) is 0.648. The predicted octanol–water partition coefficient (Wildman–Crippen LogP) is 2.91. The second kappa shape index (κ2) is 6.39. The molecule has 1 amide bonds. The zero-order valence-electron chi connectivity index (χ0n) is 13.9. The molecule has 0 saturated carbocycles. The van der Waals surface area contributed by atoms with Gasteiger partial charge in [0.2, 0.25) is 0 Å². The summed E-state index contributed by atoms with van der Waals surface area (Å²) in [6, 6.07) is 10.5. The number of aromatic nitrogens is 1. The van der Waals surface area contributed by atoms with E-state index >= 15 is 0 Å². The smallest absolute Gasteiger partial charge is 0.294 e. The normalized spacial score (nSPS) is 17.5. The van der Waals surface area contributed by atoms with Crippen molar-refractivity contribution in [2.45, 2.75) is 19.9 Å². The molecule has 0 aliphatic carbocycles. The second-order valence-corrected chi connectivity index (χ2v) is 6.10. The van der Waals surface area contributed by atoms with E-state index in [0.717, 1.165) is 0 Å². The Kier molecular flexibility index (Phi) is 4.27. The number of hydrogen-bond acceptors (Lipinski definition) is 5. The Morgan fingerprint density at radius 1 is 1.12 bits per heavy atom. The summed E-state index contributed by atoms with van der Waals surface area (Å²) in [5, 5.41) is 20.6. The largest absolute Gasteiger partial charge is 0.506 e. The third-order valence-corrected chi connectivity index (χ3v) is 4.11. The number of hydrogen-bond donors (Lipinski definition) is 2. The number of carbonyl (C=O) groups excluding carboxylic acids is 2. The molecule has 2 aromatic rings. The number of amides is 1. The monoisotopic (exact) mass is 338 g/mol. The summed E-state index contributed by atoms with van der Waals surface area (Å²) >= 11 is 0. The van der Waals surface area contributed by atoms with Crippen LogP contribution in [0.4, 0.5) is 5.69 Å². The summed E-state index contributed by atoms with van der Waals surface area (Å²) < 4.78 is 0. The highest BCUT2D eigenvalue weighted by Gasteiger charge is 2.46. The molecule has 128 valence electrons. The number of aliphatic hydroxyl groups excluding tert-OH is 1. The molecule has 0 spiro atoms. The molecule has 1 unspecified atom stereocenters. The lowest BCUT2D eigenvalue weighted by Crippen LogP contribution is -2.32. The molecule has 6 heteroatoms. The van der Waals surface area contributed by atoms with Crippen molar-refractivity contribution in [1.29, 1.82) is 0 Å². The van der Waals surface area contributed by atoms with Crippen LogP contribution in [0.15, 0.2) is 60.0 Å². The standard InChI is InChI=1S/C19H18N2O4/c1-11(2)17(23)15-16(12-7-5-6-10-20-12)21(19(25)18(15)24)13-8-3-4-9-14(13)22/h3-11,16,22,24H,1-2H3. The van der Waals surface area contributed by atoms with Crippen molar-refractivity contribution >= 4 is 17.4 Å². The minimum Gasteiger partial charge on any atom is -0.506 e. The van der Waals surface area contributed by atoms with Crippen LogP contribution in [0.25, 0.3) is 0 Å². The highest BCUT2D eigenvalue weighted by Crippen LogP contribution is 2.43. The number of nitrogens with zero attached hydrogens (tertiary/aromatic N) is 2. The lowest BCUT2D eigenvalue weighted by Gasteiger charge is -2.27. The van der Waals surface area contributed by atoms with Crippen LogP contribution in [0.3, 0.4) is 0 Å². The van der Waals surface area contributed by atoms with Crippen molar-refractivity contribution < 1.29 is 19.8 Å². The average molecular weight is 338 g/mol. The number of benzene rings is 1. The van der Waals surface area contributed by atoms with Gasteiger partial charge in [0, 0.05) is 12.1 Å². The molecule has 25 heavy (non-hydrogen) atoms. The number of carbonyl (C=O) groups is 2. The van der Waals surface area contributed by atoms with E-state index in [-0.39, 0.29) is 22.8 Å². The average Bonchev–Trinajstić information content (AvgIpc) is 2.87. The minimum atomic E-state index is -0.892. The molecule has 1 aliphatic heterocycles. The third-order valence-electron chi connectivity index (χ3n) is 4.11. The van der Waals surface area contributed by atoms with E-state index < -0.39 is 23.6 Å². The van der Waals surface area contributed by atoms with Crippen molar-refractivity contribution in [2.75, 3.05) is 4.90 Å². The van der Waals surface area contributed by atoms with Crippen LogP contribution in [0.5, 0.6) is 5.75 Å². The van der Waals surface area contributed by atoms with Gasteiger partial charge < -0.3 is 10.2 Å². The minimum absolute atomic E-state index is 0.00181. The van der Waals surface area contributed by atoms with Crippen LogP contribution in [0, 0.1) is 5.92 Å². The topological polar surface area (TPSA) is 90.7 Å². The summed E-state index contributed by atoms with van der Waals surface area (Å²) in [6.07, 6.45) is 1.55. The van der Waals surface area contributed by atoms with Crippen LogP contribution in [-0.4, -0.2) is 26.9 Å². The molecule has 1 aliphatic rings. The number of para-hydroxylation sites is 2. The molecule has 1 aromatic carbocycles. The molecular weight excluding hydrogens is 320 g/mol. The number of phenolic OH excluding ortho intramolecular Hbond substituents is 1. The van der Waals surface area contributed by atoms with Gasteiger partial charge in [-0.15, -0.1) is 0 Å². The number of aromatic hydroxyl groups is 1. The summed E-state index contributed by atoms with van der Waals surface area (Å²) in [4.78, 5) is 30.8.